The number of aromatic hydroxyl groups is 1. The fourth-order valence-corrected chi connectivity index (χ4v) is 3.55. The number of allylic oxidation sites excluding steroid dienone is 2. The Labute approximate surface area is 133 Å². The average molecular weight is 310 g/mol. The summed E-state index contributed by atoms with van der Waals surface area (Å²) in [6.45, 7) is 4.19. The SMILES string of the molecule is CC1(C)CC(=O)C2=C(C1)Nc1ncnn1[C@H]2c1cccc(O)c1. The van der Waals surface area contributed by atoms with Gasteiger partial charge in [-0.25, -0.2) is 4.68 Å². The number of phenolic OH excluding ortho intramolecular Hbond substituents is 1. The van der Waals surface area contributed by atoms with E-state index in [-0.39, 0.29) is 23.0 Å². The Bertz CT molecular complexity index is 835. The number of rotatable bonds is 1. The number of hydrogen-bond acceptors (Lipinski definition) is 5. The molecule has 0 amide bonds. The molecule has 1 aliphatic heterocycles. The molecule has 2 aliphatic rings. The summed E-state index contributed by atoms with van der Waals surface area (Å²) in [4.78, 5) is 17.1. The molecule has 0 spiro atoms. The van der Waals surface area contributed by atoms with Gasteiger partial charge in [0.2, 0.25) is 5.95 Å². The molecule has 1 atom stereocenters. The number of carbonyl (C=O) groups is 1. The highest BCUT2D eigenvalue weighted by Gasteiger charge is 2.41. The quantitative estimate of drug-likeness (QED) is 0.846. The van der Waals surface area contributed by atoms with Crippen LogP contribution in [-0.4, -0.2) is 25.7 Å². The van der Waals surface area contributed by atoms with Crippen LogP contribution >= 0.6 is 0 Å². The van der Waals surface area contributed by atoms with Gasteiger partial charge in [0.1, 0.15) is 18.1 Å². The summed E-state index contributed by atoms with van der Waals surface area (Å²) in [6.07, 6.45) is 2.77. The molecule has 0 bridgehead atoms. The van der Waals surface area contributed by atoms with Crippen molar-refractivity contribution in [3.05, 3.63) is 47.4 Å². The van der Waals surface area contributed by atoms with Crippen LogP contribution in [-0.2, 0) is 4.79 Å². The van der Waals surface area contributed by atoms with Crippen LogP contribution in [0.5, 0.6) is 5.75 Å². The maximum absolute atomic E-state index is 12.8. The van der Waals surface area contributed by atoms with Crippen LogP contribution < -0.4 is 5.32 Å². The minimum atomic E-state index is -0.348. The lowest BCUT2D eigenvalue weighted by Gasteiger charge is -2.38. The van der Waals surface area contributed by atoms with E-state index in [2.05, 4.69) is 29.2 Å². The predicted molar refractivity (Wildman–Crippen MR) is 84.9 cm³/mol. The van der Waals surface area contributed by atoms with Gasteiger partial charge >= 0.3 is 0 Å². The highest BCUT2D eigenvalue weighted by Crippen LogP contribution is 2.45. The zero-order valence-electron chi connectivity index (χ0n) is 13.1. The Morgan fingerprint density at radius 3 is 2.96 bits per heavy atom. The molecule has 2 N–H and O–H groups in total. The molecule has 6 heteroatoms. The third-order valence-electron chi connectivity index (χ3n) is 4.46. The first-order chi connectivity index (χ1) is 10.9. The summed E-state index contributed by atoms with van der Waals surface area (Å²) in [5, 5.41) is 17.4. The normalized spacial score (nSPS) is 22.3. The van der Waals surface area contributed by atoms with E-state index < -0.39 is 0 Å². The smallest absolute Gasteiger partial charge is 0.226 e. The van der Waals surface area contributed by atoms with Gasteiger partial charge in [-0.2, -0.15) is 10.1 Å². The minimum absolute atomic E-state index is 0.0749. The molecular formula is C17H18N4O2. The molecule has 1 aromatic heterocycles. The number of ketones is 1. The first-order valence-electron chi connectivity index (χ1n) is 7.66. The third-order valence-corrected chi connectivity index (χ3v) is 4.46. The van der Waals surface area contributed by atoms with Gasteiger partial charge in [-0.1, -0.05) is 26.0 Å². The highest BCUT2D eigenvalue weighted by molar-refractivity contribution is 6.00. The lowest BCUT2D eigenvalue weighted by Crippen LogP contribution is -2.36. The second kappa shape index (κ2) is 4.68. The van der Waals surface area contributed by atoms with E-state index in [0.717, 1.165) is 23.3 Å². The zero-order chi connectivity index (χ0) is 16.2. The van der Waals surface area contributed by atoms with Crippen molar-refractivity contribution in [2.75, 3.05) is 5.32 Å². The van der Waals surface area contributed by atoms with Crippen molar-refractivity contribution in [3.63, 3.8) is 0 Å². The fraction of sp³-hybridized carbons (Fsp3) is 0.353. The summed E-state index contributed by atoms with van der Waals surface area (Å²) in [7, 11) is 0. The molecule has 2 aromatic rings. The number of aromatic nitrogens is 3. The number of nitrogens with one attached hydrogen (secondary N) is 1. The Morgan fingerprint density at radius 2 is 2.17 bits per heavy atom. The lowest BCUT2D eigenvalue weighted by atomic mass is 9.73. The van der Waals surface area contributed by atoms with E-state index in [1.54, 1.807) is 22.9 Å². The van der Waals surface area contributed by atoms with Crippen LogP contribution in [0, 0.1) is 5.41 Å². The van der Waals surface area contributed by atoms with Crippen molar-refractivity contribution in [3.8, 4) is 5.75 Å². The molecule has 0 saturated carbocycles. The standard InChI is InChI=1S/C17H18N4O2/c1-17(2)7-12-14(13(23)8-17)15(10-4-3-5-11(22)6-10)21-16(20-12)18-9-19-21/h3-6,9,15,22H,7-8H2,1-2H3,(H,18,19,20)/t15-/m0/s1. The van der Waals surface area contributed by atoms with Crippen LogP contribution in [0.4, 0.5) is 5.95 Å². The second-order valence-electron chi connectivity index (χ2n) is 6.98. The number of phenols is 1. The molecule has 0 unspecified atom stereocenters. The number of hydrogen-bond donors (Lipinski definition) is 2. The van der Waals surface area contributed by atoms with Gasteiger partial charge < -0.3 is 10.4 Å². The minimum Gasteiger partial charge on any atom is -0.508 e. The number of anilines is 1. The van der Waals surface area contributed by atoms with Gasteiger partial charge in [-0.3, -0.25) is 4.79 Å². The molecule has 0 radical (unpaired) electrons. The Kier molecular flexibility index (Phi) is 2.85. The maximum atomic E-state index is 12.8. The number of carbonyl (C=O) groups excluding carboxylic acids is 1. The zero-order valence-corrected chi connectivity index (χ0v) is 13.1. The van der Waals surface area contributed by atoms with E-state index in [1.807, 2.05) is 6.07 Å². The Hall–Kier alpha value is -2.63. The van der Waals surface area contributed by atoms with Crippen molar-refractivity contribution in [1.29, 1.82) is 0 Å². The summed E-state index contributed by atoms with van der Waals surface area (Å²) in [5.41, 5.74) is 2.40. The van der Waals surface area contributed by atoms with Crippen molar-refractivity contribution in [2.45, 2.75) is 32.7 Å². The van der Waals surface area contributed by atoms with Crippen LogP contribution in [0.3, 0.4) is 0 Å². The van der Waals surface area contributed by atoms with Gasteiger partial charge in [-0.15, -0.1) is 0 Å². The highest BCUT2D eigenvalue weighted by atomic mass is 16.3. The van der Waals surface area contributed by atoms with Crippen molar-refractivity contribution in [1.82, 2.24) is 14.8 Å². The van der Waals surface area contributed by atoms with Gasteiger partial charge in [0.15, 0.2) is 5.78 Å². The summed E-state index contributed by atoms with van der Waals surface area (Å²) >= 11 is 0. The van der Waals surface area contributed by atoms with E-state index in [4.69, 9.17) is 0 Å². The van der Waals surface area contributed by atoms with Gasteiger partial charge in [0.05, 0.1) is 0 Å². The van der Waals surface area contributed by atoms with Gasteiger partial charge in [-0.05, 0) is 29.5 Å². The van der Waals surface area contributed by atoms with Crippen molar-refractivity contribution < 1.29 is 9.90 Å². The Balaban J connectivity index is 1.91. The summed E-state index contributed by atoms with van der Waals surface area (Å²) in [6, 6.07) is 6.63. The van der Waals surface area contributed by atoms with E-state index >= 15 is 0 Å². The average Bonchev–Trinajstić information content (AvgIpc) is 2.91. The van der Waals surface area contributed by atoms with Crippen molar-refractivity contribution in [2.24, 2.45) is 5.41 Å². The molecule has 0 saturated heterocycles. The van der Waals surface area contributed by atoms with Crippen LogP contribution in [0.25, 0.3) is 0 Å². The van der Waals surface area contributed by atoms with Crippen LogP contribution in [0.1, 0.15) is 38.3 Å². The molecule has 6 nitrogen and oxygen atoms in total. The number of fused-ring (bicyclic) bond motifs is 1. The van der Waals surface area contributed by atoms with Crippen molar-refractivity contribution >= 4 is 11.7 Å². The molecule has 1 aromatic carbocycles. The fourth-order valence-electron chi connectivity index (χ4n) is 3.55. The lowest BCUT2D eigenvalue weighted by molar-refractivity contribution is -0.118. The van der Waals surface area contributed by atoms with Crippen LogP contribution in [0.15, 0.2) is 41.9 Å². The van der Waals surface area contributed by atoms with Crippen LogP contribution in [0.2, 0.25) is 0 Å². The molecule has 4 rings (SSSR count). The van der Waals surface area contributed by atoms with Gasteiger partial charge in [0.25, 0.3) is 0 Å². The number of nitrogens with zero attached hydrogens (tertiary/aromatic N) is 3. The Morgan fingerprint density at radius 1 is 1.35 bits per heavy atom. The summed E-state index contributed by atoms with van der Waals surface area (Å²) in [5.74, 6) is 0.925. The second-order valence-corrected chi connectivity index (χ2v) is 6.98. The molecule has 0 fully saturated rings. The molecule has 23 heavy (non-hydrogen) atoms. The topological polar surface area (TPSA) is 80.0 Å². The van der Waals surface area contributed by atoms with E-state index in [9.17, 15) is 9.90 Å². The summed E-state index contributed by atoms with van der Waals surface area (Å²) < 4.78 is 1.71. The van der Waals surface area contributed by atoms with Gasteiger partial charge in [0, 0.05) is 17.7 Å². The first kappa shape index (κ1) is 14.0. The third kappa shape index (κ3) is 2.21. The molecule has 1 aliphatic carbocycles. The molecular weight excluding hydrogens is 292 g/mol. The monoisotopic (exact) mass is 310 g/mol. The molecule has 118 valence electrons. The number of benzene rings is 1. The largest absolute Gasteiger partial charge is 0.508 e. The number of Topliss-reactive ketones (excluding diaryl/α,β-unsaturated/α-hetero) is 1. The van der Waals surface area contributed by atoms with E-state index in [1.165, 1.54) is 6.33 Å². The predicted octanol–water partition coefficient (Wildman–Crippen LogP) is 2.64. The van der Waals surface area contributed by atoms with E-state index in [0.29, 0.717) is 12.4 Å². The molecule has 2 heterocycles. The maximum Gasteiger partial charge on any atom is 0.226 e. The first-order valence-corrected chi connectivity index (χ1v) is 7.66.